The molecule has 19 heavy (non-hydrogen) atoms. The van der Waals surface area contributed by atoms with Crippen LogP contribution in [0.4, 0.5) is 0 Å². The summed E-state index contributed by atoms with van der Waals surface area (Å²) < 4.78 is 7.22. The van der Waals surface area contributed by atoms with Crippen molar-refractivity contribution in [2.75, 3.05) is 0 Å². The van der Waals surface area contributed by atoms with E-state index in [9.17, 15) is 4.79 Å². The van der Waals surface area contributed by atoms with Crippen LogP contribution in [-0.2, 0) is 6.54 Å². The van der Waals surface area contributed by atoms with Gasteiger partial charge in [-0.1, -0.05) is 17.7 Å². The van der Waals surface area contributed by atoms with E-state index in [1.807, 2.05) is 16.7 Å². The van der Waals surface area contributed by atoms with Gasteiger partial charge in [-0.05, 0) is 12.1 Å². The molecule has 0 radical (unpaired) electrons. The lowest BCUT2D eigenvalue weighted by Crippen LogP contribution is -1.98. The normalized spacial score (nSPS) is 11.1. The molecule has 0 aliphatic heterocycles. The van der Waals surface area contributed by atoms with Gasteiger partial charge in [-0.25, -0.2) is 0 Å². The van der Waals surface area contributed by atoms with Gasteiger partial charge in [-0.3, -0.25) is 4.79 Å². The van der Waals surface area contributed by atoms with Crippen LogP contribution in [0.2, 0.25) is 5.02 Å². The Morgan fingerprint density at radius 3 is 2.95 bits per heavy atom. The summed E-state index contributed by atoms with van der Waals surface area (Å²) >= 11 is 6.00. The smallest absolute Gasteiger partial charge is 0.236 e. The highest BCUT2D eigenvalue weighted by molar-refractivity contribution is 6.31. The lowest BCUT2D eigenvalue weighted by molar-refractivity contribution is 0.112. The van der Waals surface area contributed by atoms with E-state index >= 15 is 0 Å². The number of carbonyl (C=O) groups is 1. The summed E-state index contributed by atoms with van der Waals surface area (Å²) in [5, 5.41) is 9.20. The van der Waals surface area contributed by atoms with Gasteiger partial charge in [0.1, 0.15) is 6.54 Å². The van der Waals surface area contributed by atoms with E-state index in [-0.39, 0.29) is 0 Å². The molecular formula is C13H10ClN3O2. The predicted octanol–water partition coefficient (Wildman–Crippen LogP) is 2.85. The summed E-state index contributed by atoms with van der Waals surface area (Å²) in [7, 11) is 0. The maximum atomic E-state index is 11.1. The van der Waals surface area contributed by atoms with Gasteiger partial charge in [0.15, 0.2) is 6.29 Å². The molecule has 0 spiro atoms. The Balaban J connectivity index is 2.12. The lowest BCUT2D eigenvalue weighted by atomic mass is 10.2. The molecule has 0 fully saturated rings. The van der Waals surface area contributed by atoms with Crippen molar-refractivity contribution in [3.05, 3.63) is 46.8 Å². The number of aromatic nitrogens is 3. The second-order valence-corrected chi connectivity index (χ2v) is 4.64. The zero-order valence-electron chi connectivity index (χ0n) is 10.1. The number of halogens is 1. The molecule has 1 aromatic carbocycles. The van der Waals surface area contributed by atoms with Gasteiger partial charge in [0, 0.05) is 29.1 Å². The average molecular weight is 276 g/mol. The molecule has 0 bridgehead atoms. The van der Waals surface area contributed by atoms with E-state index in [1.54, 1.807) is 19.2 Å². The Morgan fingerprint density at radius 1 is 1.42 bits per heavy atom. The number of hydrogen-bond donors (Lipinski definition) is 0. The van der Waals surface area contributed by atoms with E-state index in [2.05, 4.69) is 10.2 Å². The minimum Gasteiger partial charge on any atom is -0.424 e. The minimum absolute atomic E-state index is 0.408. The third-order valence-corrected chi connectivity index (χ3v) is 3.11. The van der Waals surface area contributed by atoms with Crippen molar-refractivity contribution in [1.29, 1.82) is 0 Å². The zero-order chi connectivity index (χ0) is 13.4. The van der Waals surface area contributed by atoms with Crippen molar-refractivity contribution in [1.82, 2.24) is 14.8 Å². The minimum atomic E-state index is 0.408. The summed E-state index contributed by atoms with van der Waals surface area (Å²) in [6.45, 7) is 2.14. The molecule has 0 unspecified atom stereocenters. The van der Waals surface area contributed by atoms with E-state index < -0.39 is 0 Å². The van der Waals surface area contributed by atoms with E-state index in [1.165, 1.54) is 0 Å². The molecule has 0 amide bonds. The maximum Gasteiger partial charge on any atom is 0.236 e. The first kappa shape index (κ1) is 11.9. The van der Waals surface area contributed by atoms with Gasteiger partial charge in [-0.15, -0.1) is 10.2 Å². The Kier molecular flexibility index (Phi) is 2.83. The number of rotatable bonds is 3. The standard InChI is InChI=1S/C13H10ClN3O2/c1-8-15-16-13(19-8)6-17-5-9(7-18)11-3-2-10(14)4-12(11)17/h2-5,7H,6H2,1H3. The van der Waals surface area contributed by atoms with Crippen LogP contribution < -0.4 is 0 Å². The zero-order valence-corrected chi connectivity index (χ0v) is 10.9. The Morgan fingerprint density at radius 2 is 2.26 bits per heavy atom. The highest BCUT2D eigenvalue weighted by Gasteiger charge is 2.11. The average Bonchev–Trinajstić information content (AvgIpc) is 2.94. The molecule has 2 aromatic heterocycles. The van der Waals surface area contributed by atoms with Gasteiger partial charge < -0.3 is 8.98 Å². The maximum absolute atomic E-state index is 11.1. The number of nitrogens with zero attached hydrogens (tertiary/aromatic N) is 3. The van der Waals surface area contributed by atoms with Gasteiger partial charge in [0.05, 0.1) is 5.52 Å². The number of fused-ring (bicyclic) bond motifs is 1. The number of aryl methyl sites for hydroxylation is 1. The number of benzene rings is 1. The molecule has 6 heteroatoms. The number of aldehydes is 1. The lowest BCUT2D eigenvalue weighted by Gasteiger charge is -2.01. The molecule has 96 valence electrons. The van der Waals surface area contributed by atoms with Crippen LogP contribution in [-0.4, -0.2) is 21.1 Å². The van der Waals surface area contributed by atoms with Crippen molar-refractivity contribution >= 4 is 28.8 Å². The fourth-order valence-corrected chi connectivity index (χ4v) is 2.23. The molecule has 0 saturated heterocycles. The summed E-state index contributed by atoms with van der Waals surface area (Å²) in [6.07, 6.45) is 2.58. The summed E-state index contributed by atoms with van der Waals surface area (Å²) in [5.41, 5.74) is 1.48. The van der Waals surface area contributed by atoms with Crippen LogP contribution in [0.5, 0.6) is 0 Å². The Bertz CT molecular complexity index is 760. The predicted molar refractivity (Wildman–Crippen MR) is 70.5 cm³/mol. The molecule has 0 aliphatic carbocycles. The summed E-state index contributed by atoms with van der Waals surface area (Å²) in [6, 6.07) is 5.40. The fourth-order valence-electron chi connectivity index (χ4n) is 2.07. The van der Waals surface area contributed by atoms with Gasteiger partial charge >= 0.3 is 0 Å². The number of hydrogen-bond acceptors (Lipinski definition) is 4. The van der Waals surface area contributed by atoms with Gasteiger partial charge in [0.25, 0.3) is 0 Å². The SMILES string of the molecule is Cc1nnc(Cn2cc(C=O)c3ccc(Cl)cc32)o1. The molecule has 3 aromatic rings. The first-order chi connectivity index (χ1) is 9.17. The van der Waals surface area contributed by atoms with E-state index in [0.717, 1.165) is 17.2 Å². The third kappa shape index (κ3) is 2.13. The van der Waals surface area contributed by atoms with Crippen LogP contribution in [0, 0.1) is 6.92 Å². The van der Waals surface area contributed by atoms with E-state index in [0.29, 0.717) is 28.9 Å². The molecule has 0 N–H and O–H groups in total. The monoisotopic (exact) mass is 275 g/mol. The van der Waals surface area contributed by atoms with Crippen LogP contribution in [0.3, 0.4) is 0 Å². The van der Waals surface area contributed by atoms with E-state index in [4.69, 9.17) is 16.0 Å². The molecule has 5 nitrogen and oxygen atoms in total. The largest absolute Gasteiger partial charge is 0.424 e. The number of carbonyl (C=O) groups excluding carboxylic acids is 1. The van der Waals surface area contributed by atoms with Crippen LogP contribution in [0.1, 0.15) is 22.1 Å². The molecule has 3 rings (SSSR count). The molecule has 0 aliphatic rings. The van der Waals surface area contributed by atoms with Gasteiger partial charge in [0.2, 0.25) is 11.8 Å². The van der Waals surface area contributed by atoms with Crippen LogP contribution in [0.25, 0.3) is 10.9 Å². The quantitative estimate of drug-likeness (QED) is 0.690. The highest BCUT2D eigenvalue weighted by Crippen LogP contribution is 2.24. The Labute approximate surface area is 113 Å². The van der Waals surface area contributed by atoms with Crippen molar-refractivity contribution in [2.45, 2.75) is 13.5 Å². The summed E-state index contributed by atoms with van der Waals surface area (Å²) in [4.78, 5) is 11.1. The second kappa shape index (κ2) is 4.51. The Hall–Kier alpha value is -2.14. The first-order valence-corrected chi connectivity index (χ1v) is 6.08. The topological polar surface area (TPSA) is 60.9 Å². The van der Waals surface area contributed by atoms with Crippen LogP contribution in [0.15, 0.2) is 28.8 Å². The van der Waals surface area contributed by atoms with Crippen molar-refractivity contribution in [2.24, 2.45) is 0 Å². The first-order valence-electron chi connectivity index (χ1n) is 5.70. The molecule has 2 heterocycles. The highest BCUT2D eigenvalue weighted by atomic mass is 35.5. The second-order valence-electron chi connectivity index (χ2n) is 4.21. The molecule has 0 saturated carbocycles. The summed E-state index contributed by atoms with van der Waals surface area (Å²) in [5.74, 6) is 1.01. The van der Waals surface area contributed by atoms with Gasteiger partial charge in [-0.2, -0.15) is 0 Å². The molecule has 0 atom stereocenters. The van der Waals surface area contributed by atoms with Crippen molar-refractivity contribution < 1.29 is 9.21 Å². The van der Waals surface area contributed by atoms with Crippen LogP contribution >= 0.6 is 11.6 Å². The van der Waals surface area contributed by atoms with Crippen molar-refractivity contribution in [3.63, 3.8) is 0 Å². The third-order valence-electron chi connectivity index (χ3n) is 2.88. The van der Waals surface area contributed by atoms with Crippen molar-refractivity contribution in [3.8, 4) is 0 Å². The fraction of sp³-hybridized carbons (Fsp3) is 0.154. The molecular weight excluding hydrogens is 266 g/mol.